The molecule has 0 bridgehead atoms. The zero-order valence-electron chi connectivity index (χ0n) is 20.6. The number of nitrogens with zero attached hydrogens (tertiary/aromatic N) is 1. The van der Waals surface area contributed by atoms with Gasteiger partial charge in [-0.05, 0) is 88.2 Å². The lowest BCUT2D eigenvalue weighted by Crippen LogP contribution is -2.54. The van der Waals surface area contributed by atoms with E-state index < -0.39 is 39.5 Å². The average Bonchev–Trinajstić information content (AvgIpc) is 2.92. The Balaban J connectivity index is 1.67. The third-order valence-corrected chi connectivity index (χ3v) is 7.58. The second-order valence-electron chi connectivity index (χ2n) is 8.02. The summed E-state index contributed by atoms with van der Waals surface area (Å²) in [4.78, 5) is 50.6. The van der Waals surface area contributed by atoms with Gasteiger partial charge >= 0.3 is 22.1 Å². The number of amides is 4. The number of urea groups is 1. The van der Waals surface area contributed by atoms with Gasteiger partial charge < -0.3 is 13.7 Å². The smallest absolute Gasteiger partial charge is 0.339 e. The van der Waals surface area contributed by atoms with Crippen LogP contribution < -0.4 is 19.1 Å². The van der Waals surface area contributed by atoms with E-state index >= 15 is 0 Å². The van der Waals surface area contributed by atoms with Crippen molar-refractivity contribution in [1.82, 2.24) is 5.32 Å². The minimum absolute atomic E-state index is 0.0336. The number of imide groups is 2. The van der Waals surface area contributed by atoms with Gasteiger partial charge in [-0.2, -0.15) is 8.42 Å². The van der Waals surface area contributed by atoms with Crippen LogP contribution in [0.2, 0.25) is 5.02 Å². The number of halogens is 2. The van der Waals surface area contributed by atoms with Gasteiger partial charge in [0.2, 0.25) is 0 Å². The Morgan fingerprint density at radius 1 is 1.00 bits per heavy atom. The molecule has 14 heteroatoms. The predicted octanol–water partition coefficient (Wildman–Crippen LogP) is 4.33. The van der Waals surface area contributed by atoms with Crippen molar-refractivity contribution in [1.29, 1.82) is 0 Å². The fourth-order valence-corrected chi connectivity index (χ4v) is 5.32. The first-order valence-electron chi connectivity index (χ1n) is 11.1. The van der Waals surface area contributed by atoms with Gasteiger partial charge in [0, 0.05) is 5.02 Å². The zero-order chi connectivity index (χ0) is 29.2. The normalized spacial score (nSPS) is 14.7. The summed E-state index contributed by atoms with van der Waals surface area (Å²) in [6.45, 7) is 0. The molecular weight excluding hydrogens is 632 g/mol. The summed E-state index contributed by atoms with van der Waals surface area (Å²) in [5, 5.41) is 2.44. The molecule has 0 aliphatic carbocycles. The van der Waals surface area contributed by atoms with Crippen molar-refractivity contribution in [2.75, 3.05) is 19.1 Å². The molecule has 1 heterocycles. The summed E-state index contributed by atoms with van der Waals surface area (Å²) in [6, 6.07) is 12.5. The van der Waals surface area contributed by atoms with Crippen LogP contribution in [0, 0.1) is 0 Å². The second-order valence-corrected chi connectivity index (χ2v) is 10.9. The number of esters is 1. The molecule has 0 spiro atoms. The molecule has 1 saturated heterocycles. The lowest BCUT2D eigenvalue weighted by atomic mass is 10.1. The van der Waals surface area contributed by atoms with Crippen LogP contribution in [0.1, 0.15) is 15.9 Å². The number of benzene rings is 3. The third-order valence-electron chi connectivity index (χ3n) is 5.51. The van der Waals surface area contributed by atoms with Crippen molar-refractivity contribution in [3.05, 3.63) is 86.9 Å². The van der Waals surface area contributed by atoms with E-state index in [1.807, 2.05) is 0 Å². The number of anilines is 1. The fraction of sp³-hybridized carbons (Fsp3) is 0.0769. The lowest BCUT2D eigenvalue weighted by Gasteiger charge is -2.26. The largest absolute Gasteiger partial charge is 0.493 e. The van der Waals surface area contributed by atoms with Crippen LogP contribution in [0.5, 0.6) is 11.5 Å². The highest BCUT2D eigenvalue weighted by molar-refractivity contribution is 9.10. The van der Waals surface area contributed by atoms with Gasteiger partial charge in [-0.15, -0.1) is 0 Å². The van der Waals surface area contributed by atoms with E-state index in [-0.39, 0.29) is 37.7 Å². The highest BCUT2D eigenvalue weighted by Gasteiger charge is 2.37. The average molecular weight is 650 g/mol. The molecule has 3 aromatic carbocycles. The number of carbonyl (C=O) groups is 4. The number of rotatable bonds is 7. The van der Waals surface area contributed by atoms with E-state index in [4.69, 9.17) is 20.5 Å². The number of ether oxygens (including phenoxy) is 2. The van der Waals surface area contributed by atoms with Crippen LogP contribution >= 0.6 is 27.5 Å². The number of methoxy groups -OCH3 is 2. The first kappa shape index (κ1) is 28.8. The molecule has 11 nitrogen and oxygen atoms in total. The fourth-order valence-electron chi connectivity index (χ4n) is 3.59. The highest BCUT2D eigenvalue weighted by Crippen LogP contribution is 2.39. The molecule has 0 atom stereocenters. The number of hydrogen-bond donors (Lipinski definition) is 1. The van der Waals surface area contributed by atoms with E-state index in [9.17, 15) is 27.6 Å². The molecule has 4 amide bonds. The molecule has 40 heavy (non-hydrogen) atoms. The van der Waals surface area contributed by atoms with Crippen molar-refractivity contribution in [3.8, 4) is 11.5 Å². The summed E-state index contributed by atoms with van der Waals surface area (Å²) in [7, 11) is -1.78. The van der Waals surface area contributed by atoms with Crippen LogP contribution in [0.15, 0.2) is 75.6 Å². The van der Waals surface area contributed by atoms with Gasteiger partial charge in [0.15, 0.2) is 11.5 Å². The molecule has 0 aromatic heterocycles. The Morgan fingerprint density at radius 2 is 1.65 bits per heavy atom. The molecule has 1 aliphatic heterocycles. The van der Waals surface area contributed by atoms with Crippen molar-refractivity contribution < 1.29 is 41.3 Å². The molecule has 1 aliphatic rings. The maximum absolute atomic E-state index is 13.2. The molecule has 1 N–H and O–H groups in total. The highest BCUT2D eigenvalue weighted by atomic mass is 79.9. The van der Waals surface area contributed by atoms with Gasteiger partial charge in [-0.3, -0.25) is 14.9 Å². The van der Waals surface area contributed by atoms with E-state index in [1.165, 1.54) is 81.0 Å². The second kappa shape index (κ2) is 11.5. The topological polar surface area (TPSA) is 145 Å². The van der Waals surface area contributed by atoms with Crippen LogP contribution in [0.25, 0.3) is 6.08 Å². The van der Waals surface area contributed by atoms with Crippen molar-refractivity contribution in [2.45, 2.75) is 4.90 Å². The van der Waals surface area contributed by atoms with Gasteiger partial charge in [0.25, 0.3) is 11.8 Å². The van der Waals surface area contributed by atoms with E-state index in [0.29, 0.717) is 5.02 Å². The number of carbonyl (C=O) groups excluding carboxylic acids is 4. The summed E-state index contributed by atoms with van der Waals surface area (Å²) >= 11 is 9.07. The first-order chi connectivity index (χ1) is 18.9. The van der Waals surface area contributed by atoms with Crippen molar-refractivity contribution >= 4 is 73.2 Å². The Labute approximate surface area is 241 Å². The quantitative estimate of drug-likeness (QED) is 0.171. The minimum Gasteiger partial charge on any atom is -0.493 e. The van der Waals surface area contributed by atoms with E-state index in [0.717, 1.165) is 4.90 Å². The molecular formula is C26H18BrClN2O9S. The molecule has 0 radical (unpaired) electrons. The van der Waals surface area contributed by atoms with Crippen LogP contribution in [-0.4, -0.2) is 46.5 Å². The number of nitrogens with one attached hydrogen (secondary N) is 1. The Morgan fingerprint density at radius 3 is 2.25 bits per heavy atom. The maximum atomic E-state index is 13.2. The zero-order valence-corrected chi connectivity index (χ0v) is 23.8. The van der Waals surface area contributed by atoms with Crippen LogP contribution in [-0.2, 0) is 24.4 Å². The van der Waals surface area contributed by atoms with Gasteiger partial charge in [0.1, 0.15) is 10.5 Å². The third kappa shape index (κ3) is 5.86. The summed E-state index contributed by atoms with van der Waals surface area (Å²) in [6.07, 6.45) is 1.20. The van der Waals surface area contributed by atoms with E-state index in [2.05, 4.69) is 26.0 Å². The monoisotopic (exact) mass is 648 g/mol. The molecule has 4 rings (SSSR count). The number of hydrogen-bond acceptors (Lipinski definition) is 9. The molecule has 1 fully saturated rings. The molecule has 0 unspecified atom stereocenters. The number of barbiturate groups is 1. The lowest BCUT2D eigenvalue weighted by molar-refractivity contribution is -0.122. The minimum atomic E-state index is -4.27. The first-order valence-corrected chi connectivity index (χ1v) is 13.7. The van der Waals surface area contributed by atoms with Crippen molar-refractivity contribution in [2.24, 2.45) is 0 Å². The Bertz CT molecular complexity index is 1670. The SMILES string of the molecule is COC(=O)c1ccc(N2C(=O)NC(=O)/C(=C\c3cc(Br)c(OS(=O)(=O)c4ccc(Cl)cc4)c(OC)c3)C2=O)cc1. The summed E-state index contributed by atoms with van der Waals surface area (Å²) < 4.78 is 40.9. The molecule has 206 valence electrons. The van der Waals surface area contributed by atoms with Gasteiger partial charge in [-0.25, -0.2) is 14.5 Å². The van der Waals surface area contributed by atoms with Gasteiger partial charge in [0.05, 0.1) is 29.9 Å². The Hall–Kier alpha value is -4.20. The maximum Gasteiger partial charge on any atom is 0.339 e. The molecule has 3 aromatic rings. The van der Waals surface area contributed by atoms with Crippen LogP contribution in [0.3, 0.4) is 0 Å². The summed E-state index contributed by atoms with van der Waals surface area (Å²) in [5.74, 6) is -2.70. The van der Waals surface area contributed by atoms with Gasteiger partial charge in [-0.1, -0.05) is 11.6 Å². The standard InChI is InChI=1S/C26H18BrClN2O9S/c1-37-21-13-14(12-20(27)22(21)39-40(35,36)18-9-5-16(28)6-10-18)11-19-23(31)29-26(34)30(24(19)32)17-7-3-15(4-8-17)25(33)38-2/h3-13H,1-2H3,(H,29,31,34)/b19-11+. The predicted molar refractivity (Wildman–Crippen MR) is 147 cm³/mol. The summed E-state index contributed by atoms with van der Waals surface area (Å²) in [5.41, 5.74) is 0.144. The van der Waals surface area contributed by atoms with Crippen LogP contribution in [0.4, 0.5) is 10.5 Å². The molecule has 0 saturated carbocycles. The Kier molecular flexibility index (Phi) is 8.28. The van der Waals surface area contributed by atoms with E-state index in [1.54, 1.807) is 0 Å². The van der Waals surface area contributed by atoms with Crippen molar-refractivity contribution in [3.63, 3.8) is 0 Å².